The number of sulfonamides is 1. The van der Waals surface area contributed by atoms with E-state index >= 15 is 0 Å². The highest BCUT2D eigenvalue weighted by Crippen LogP contribution is 2.20. The number of hydrogen-bond acceptors (Lipinski definition) is 4. The Labute approximate surface area is 140 Å². The van der Waals surface area contributed by atoms with Crippen LogP contribution in [-0.2, 0) is 14.8 Å². The second-order valence-corrected chi connectivity index (χ2v) is 7.58. The average molecular weight is 356 g/mol. The van der Waals surface area contributed by atoms with Gasteiger partial charge in [0.2, 0.25) is 15.9 Å². The molecule has 1 rings (SSSR count). The van der Waals surface area contributed by atoms with E-state index in [1.165, 1.54) is 0 Å². The normalized spacial score (nSPS) is 17.0. The van der Waals surface area contributed by atoms with Gasteiger partial charge < -0.3 is 10.6 Å². The Morgan fingerprint density at radius 3 is 2.36 bits per heavy atom. The molecule has 0 aromatic heterocycles. The molecule has 6 nitrogen and oxygen atoms in total. The predicted octanol–water partition coefficient (Wildman–Crippen LogP) is 0.976. The maximum Gasteiger partial charge on any atom is 0.223 e. The van der Waals surface area contributed by atoms with Gasteiger partial charge in [-0.2, -0.15) is 0 Å². The Balaban J connectivity index is 0.00000441. The predicted molar refractivity (Wildman–Crippen MR) is 91.8 cm³/mol. The lowest BCUT2D eigenvalue weighted by molar-refractivity contribution is -0.126. The van der Waals surface area contributed by atoms with Crippen molar-refractivity contribution in [3.8, 4) is 0 Å². The van der Waals surface area contributed by atoms with Crippen LogP contribution in [-0.4, -0.2) is 57.1 Å². The number of halogens is 1. The number of carbonyl (C=O) groups is 1. The molecule has 1 amide bonds. The van der Waals surface area contributed by atoms with E-state index in [-0.39, 0.29) is 30.0 Å². The van der Waals surface area contributed by atoms with Gasteiger partial charge in [0.05, 0.1) is 5.75 Å². The molecule has 1 aliphatic rings. The Morgan fingerprint density at radius 2 is 1.82 bits per heavy atom. The summed E-state index contributed by atoms with van der Waals surface area (Å²) < 4.78 is 25.7. The number of amides is 1. The lowest BCUT2D eigenvalue weighted by atomic mass is 9.97. The first-order valence-corrected chi connectivity index (χ1v) is 9.58. The molecule has 0 aliphatic carbocycles. The molecule has 1 aliphatic heterocycles. The zero-order valence-corrected chi connectivity index (χ0v) is 15.3. The number of nitrogens with zero attached hydrogens (tertiary/aromatic N) is 1. The van der Waals surface area contributed by atoms with Crippen molar-refractivity contribution in [3.05, 3.63) is 0 Å². The summed E-state index contributed by atoms with van der Waals surface area (Å²) in [4.78, 5) is 12.0. The zero-order valence-electron chi connectivity index (χ0n) is 13.6. The largest absolute Gasteiger partial charge is 0.355 e. The van der Waals surface area contributed by atoms with Crippen LogP contribution in [0.1, 0.15) is 39.5 Å². The van der Waals surface area contributed by atoms with Gasteiger partial charge in [0, 0.05) is 32.1 Å². The topological polar surface area (TPSA) is 78.5 Å². The minimum atomic E-state index is -3.13. The summed E-state index contributed by atoms with van der Waals surface area (Å²) in [5, 5.41) is 6.06. The van der Waals surface area contributed by atoms with Crippen LogP contribution in [0.3, 0.4) is 0 Å². The Bertz CT molecular complexity index is 410. The smallest absolute Gasteiger partial charge is 0.223 e. The fraction of sp³-hybridized carbons (Fsp3) is 0.929. The lowest BCUT2D eigenvalue weighted by Gasteiger charge is -2.30. The quantitative estimate of drug-likeness (QED) is 0.604. The maximum atomic E-state index is 12.1. The molecule has 22 heavy (non-hydrogen) atoms. The minimum absolute atomic E-state index is 0. The van der Waals surface area contributed by atoms with Gasteiger partial charge >= 0.3 is 0 Å². The van der Waals surface area contributed by atoms with Gasteiger partial charge in [-0.3, -0.25) is 4.79 Å². The minimum Gasteiger partial charge on any atom is -0.355 e. The Hall–Kier alpha value is -0.370. The number of carbonyl (C=O) groups excluding carboxylic acids is 1. The van der Waals surface area contributed by atoms with Crippen molar-refractivity contribution in [1.29, 1.82) is 0 Å². The summed E-state index contributed by atoms with van der Waals surface area (Å²) >= 11 is 0. The molecule has 0 unspecified atom stereocenters. The number of likely N-dealkylation sites (N-methyl/N-ethyl adjacent to an activating group) is 1. The molecule has 0 atom stereocenters. The van der Waals surface area contributed by atoms with Crippen LogP contribution in [0.15, 0.2) is 0 Å². The molecular formula is C14H30ClN3O3S. The molecule has 0 aromatic rings. The Morgan fingerprint density at radius 1 is 1.18 bits per heavy atom. The number of unbranched alkanes of at least 4 members (excludes halogenated alkanes) is 1. The van der Waals surface area contributed by atoms with E-state index in [2.05, 4.69) is 10.6 Å². The highest BCUT2D eigenvalue weighted by Gasteiger charge is 2.30. The molecule has 1 fully saturated rings. The first-order valence-electron chi connectivity index (χ1n) is 7.97. The van der Waals surface area contributed by atoms with E-state index < -0.39 is 10.0 Å². The van der Waals surface area contributed by atoms with E-state index in [9.17, 15) is 13.2 Å². The number of nitrogens with one attached hydrogen (secondary N) is 2. The number of rotatable bonds is 9. The van der Waals surface area contributed by atoms with Crippen molar-refractivity contribution < 1.29 is 13.2 Å². The van der Waals surface area contributed by atoms with E-state index in [4.69, 9.17) is 0 Å². The fourth-order valence-corrected chi connectivity index (χ4v) is 4.13. The molecule has 0 bridgehead atoms. The van der Waals surface area contributed by atoms with E-state index in [1.54, 1.807) is 4.31 Å². The molecule has 132 valence electrons. The highest BCUT2D eigenvalue weighted by atomic mass is 35.5. The van der Waals surface area contributed by atoms with Crippen LogP contribution in [0.2, 0.25) is 0 Å². The van der Waals surface area contributed by atoms with Crippen molar-refractivity contribution in [2.45, 2.75) is 39.5 Å². The molecule has 0 spiro atoms. The maximum absolute atomic E-state index is 12.1. The van der Waals surface area contributed by atoms with Crippen LogP contribution in [0, 0.1) is 5.92 Å². The molecule has 1 heterocycles. The van der Waals surface area contributed by atoms with E-state index in [0.717, 1.165) is 19.5 Å². The summed E-state index contributed by atoms with van der Waals surface area (Å²) in [5.74, 6) is 0.228. The van der Waals surface area contributed by atoms with E-state index in [0.29, 0.717) is 38.9 Å². The lowest BCUT2D eigenvalue weighted by Crippen LogP contribution is -2.44. The SMILES string of the molecule is CCCCS(=O)(=O)N1CCC(C(=O)NCCNCC)CC1.Cl. The van der Waals surface area contributed by atoms with Gasteiger partial charge in [-0.1, -0.05) is 20.3 Å². The summed E-state index contributed by atoms with van der Waals surface area (Å²) in [6, 6.07) is 0. The second-order valence-electron chi connectivity index (χ2n) is 5.49. The van der Waals surface area contributed by atoms with Crippen LogP contribution < -0.4 is 10.6 Å². The standard InChI is InChI=1S/C14H29N3O3S.ClH/c1-3-5-12-21(19,20)17-10-6-13(7-11-17)14(18)16-9-8-15-4-2;/h13,15H,3-12H2,1-2H3,(H,16,18);1H. The fourth-order valence-electron chi connectivity index (χ4n) is 2.45. The molecule has 0 saturated carbocycles. The van der Waals surface area contributed by atoms with Crippen LogP contribution >= 0.6 is 12.4 Å². The Kier molecular flexibility index (Phi) is 11.0. The third-order valence-corrected chi connectivity index (χ3v) is 5.78. The summed E-state index contributed by atoms with van der Waals surface area (Å²) in [6.07, 6.45) is 2.83. The first kappa shape index (κ1) is 21.6. The van der Waals surface area contributed by atoms with Gasteiger partial charge in [-0.05, 0) is 25.8 Å². The molecule has 0 aromatic carbocycles. The van der Waals surface area contributed by atoms with Crippen molar-refractivity contribution in [2.75, 3.05) is 38.5 Å². The molecule has 1 saturated heterocycles. The van der Waals surface area contributed by atoms with Crippen molar-refractivity contribution >= 4 is 28.3 Å². The molecule has 8 heteroatoms. The van der Waals surface area contributed by atoms with Crippen LogP contribution in [0.25, 0.3) is 0 Å². The van der Waals surface area contributed by atoms with Gasteiger partial charge in [-0.15, -0.1) is 12.4 Å². The summed E-state index contributed by atoms with van der Waals surface area (Å²) in [7, 11) is -3.13. The van der Waals surface area contributed by atoms with Gasteiger partial charge in [0.25, 0.3) is 0 Å². The zero-order chi connectivity index (χ0) is 15.7. The monoisotopic (exact) mass is 355 g/mol. The molecule has 0 radical (unpaired) electrons. The van der Waals surface area contributed by atoms with Gasteiger partial charge in [0.15, 0.2) is 0 Å². The van der Waals surface area contributed by atoms with Gasteiger partial charge in [-0.25, -0.2) is 12.7 Å². The van der Waals surface area contributed by atoms with E-state index in [1.807, 2.05) is 13.8 Å². The van der Waals surface area contributed by atoms with Crippen LogP contribution in [0.5, 0.6) is 0 Å². The third-order valence-electron chi connectivity index (χ3n) is 3.82. The molecule has 2 N–H and O–H groups in total. The first-order chi connectivity index (χ1) is 10.0. The third kappa shape index (κ3) is 7.26. The molecular weight excluding hydrogens is 326 g/mol. The average Bonchev–Trinajstić information content (AvgIpc) is 2.49. The van der Waals surface area contributed by atoms with Crippen molar-refractivity contribution in [1.82, 2.24) is 14.9 Å². The second kappa shape index (κ2) is 11.2. The van der Waals surface area contributed by atoms with Crippen molar-refractivity contribution in [2.24, 2.45) is 5.92 Å². The van der Waals surface area contributed by atoms with Crippen molar-refractivity contribution in [3.63, 3.8) is 0 Å². The summed E-state index contributed by atoms with van der Waals surface area (Å²) in [5.41, 5.74) is 0. The van der Waals surface area contributed by atoms with Gasteiger partial charge in [0.1, 0.15) is 0 Å². The summed E-state index contributed by atoms with van der Waals surface area (Å²) in [6.45, 7) is 7.24. The number of hydrogen-bond donors (Lipinski definition) is 2. The van der Waals surface area contributed by atoms with Crippen LogP contribution in [0.4, 0.5) is 0 Å². The highest BCUT2D eigenvalue weighted by molar-refractivity contribution is 7.89. The number of piperidine rings is 1.